The molecule has 0 bridgehead atoms. The zero-order chi connectivity index (χ0) is 12.3. The number of unbranched alkanes of at least 4 members (excludes halogenated alkanes) is 3. The van der Waals surface area contributed by atoms with Gasteiger partial charge in [0.15, 0.2) is 0 Å². The Morgan fingerprint density at radius 1 is 1.18 bits per heavy atom. The van der Waals surface area contributed by atoms with Crippen LogP contribution in [0.2, 0.25) is 0 Å². The van der Waals surface area contributed by atoms with Crippen LogP contribution < -0.4 is 5.32 Å². The van der Waals surface area contributed by atoms with Crippen LogP contribution in [0.5, 0.6) is 0 Å². The molecule has 0 heterocycles. The molecule has 1 N–H and O–H groups in total. The van der Waals surface area contributed by atoms with Crippen LogP contribution in [0.1, 0.15) is 44.1 Å². The lowest BCUT2D eigenvalue weighted by molar-refractivity contribution is 0.573. The Kier molecular flexibility index (Phi) is 7.40. The average Bonchev–Trinajstić information content (AvgIpc) is 2.38. The molecule has 94 valence electrons. The van der Waals surface area contributed by atoms with Gasteiger partial charge in [-0.15, -0.1) is 6.58 Å². The first-order valence-electron chi connectivity index (χ1n) is 6.71. The van der Waals surface area contributed by atoms with Crippen molar-refractivity contribution in [2.75, 3.05) is 13.1 Å². The summed E-state index contributed by atoms with van der Waals surface area (Å²) in [6.45, 7) is 8.22. The number of allylic oxidation sites excluding steroid dienone is 1. The van der Waals surface area contributed by atoms with E-state index in [1.54, 1.807) is 0 Å². The van der Waals surface area contributed by atoms with Crippen molar-refractivity contribution in [3.63, 3.8) is 0 Å². The largest absolute Gasteiger partial charge is 0.316 e. The number of hydrogen-bond donors (Lipinski definition) is 1. The van der Waals surface area contributed by atoms with Crippen LogP contribution in [0.15, 0.2) is 43.0 Å². The van der Waals surface area contributed by atoms with Gasteiger partial charge in [0.05, 0.1) is 0 Å². The van der Waals surface area contributed by atoms with Crippen LogP contribution in [0, 0.1) is 0 Å². The topological polar surface area (TPSA) is 12.0 Å². The fourth-order valence-corrected chi connectivity index (χ4v) is 1.93. The third-order valence-electron chi connectivity index (χ3n) is 3.08. The second-order valence-corrected chi connectivity index (χ2v) is 4.65. The van der Waals surface area contributed by atoms with Crippen molar-refractivity contribution in [3.05, 3.63) is 48.6 Å². The predicted molar refractivity (Wildman–Crippen MR) is 76.4 cm³/mol. The molecule has 0 aromatic heterocycles. The van der Waals surface area contributed by atoms with E-state index in [1.807, 2.05) is 6.08 Å². The van der Waals surface area contributed by atoms with Crippen LogP contribution in [-0.2, 0) is 0 Å². The van der Waals surface area contributed by atoms with Gasteiger partial charge in [-0.2, -0.15) is 0 Å². The Labute approximate surface area is 106 Å². The average molecular weight is 231 g/mol. The molecule has 0 spiro atoms. The van der Waals surface area contributed by atoms with Gasteiger partial charge in [-0.05, 0) is 37.3 Å². The van der Waals surface area contributed by atoms with E-state index in [9.17, 15) is 0 Å². The lowest BCUT2D eigenvalue weighted by atomic mass is 10.0. The van der Waals surface area contributed by atoms with Crippen molar-refractivity contribution in [2.45, 2.75) is 38.5 Å². The highest BCUT2D eigenvalue weighted by molar-refractivity contribution is 5.18. The summed E-state index contributed by atoms with van der Waals surface area (Å²) in [4.78, 5) is 0. The summed E-state index contributed by atoms with van der Waals surface area (Å²) >= 11 is 0. The van der Waals surface area contributed by atoms with Crippen molar-refractivity contribution >= 4 is 0 Å². The van der Waals surface area contributed by atoms with E-state index in [-0.39, 0.29) is 0 Å². The summed E-state index contributed by atoms with van der Waals surface area (Å²) in [5.41, 5.74) is 1.42. The number of benzene rings is 1. The van der Waals surface area contributed by atoms with Gasteiger partial charge in [0, 0.05) is 6.54 Å². The zero-order valence-electron chi connectivity index (χ0n) is 11.0. The molecule has 0 aliphatic carbocycles. The Balaban J connectivity index is 2.05. The molecule has 1 heteroatoms. The quantitative estimate of drug-likeness (QED) is 0.498. The van der Waals surface area contributed by atoms with Gasteiger partial charge in [0.1, 0.15) is 0 Å². The summed E-state index contributed by atoms with van der Waals surface area (Å²) in [6.07, 6.45) is 7.01. The first-order valence-corrected chi connectivity index (χ1v) is 6.71. The minimum absolute atomic E-state index is 0.601. The van der Waals surface area contributed by atoms with E-state index in [2.05, 4.69) is 49.2 Å². The SMILES string of the molecule is C=CCCCCCNCC(C)c1ccccc1. The summed E-state index contributed by atoms with van der Waals surface area (Å²) in [5.74, 6) is 0.601. The Morgan fingerprint density at radius 2 is 1.94 bits per heavy atom. The first kappa shape index (κ1) is 14.0. The van der Waals surface area contributed by atoms with Gasteiger partial charge in [-0.3, -0.25) is 0 Å². The molecule has 0 aliphatic rings. The molecule has 0 aliphatic heterocycles. The number of nitrogens with one attached hydrogen (secondary N) is 1. The summed E-state index contributed by atoms with van der Waals surface area (Å²) < 4.78 is 0. The molecular formula is C16H25N. The van der Waals surface area contributed by atoms with E-state index >= 15 is 0 Å². The van der Waals surface area contributed by atoms with Crippen molar-refractivity contribution in [1.29, 1.82) is 0 Å². The molecule has 1 atom stereocenters. The van der Waals surface area contributed by atoms with Crippen molar-refractivity contribution in [1.82, 2.24) is 5.32 Å². The maximum Gasteiger partial charge on any atom is 0.00174 e. The van der Waals surface area contributed by atoms with Gasteiger partial charge in [0.25, 0.3) is 0 Å². The molecule has 1 unspecified atom stereocenters. The predicted octanol–water partition coefficient (Wildman–Crippen LogP) is 4.13. The fraction of sp³-hybridized carbons (Fsp3) is 0.500. The van der Waals surface area contributed by atoms with E-state index in [0.29, 0.717) is 5.92 Å². The smallest absolute Gasteiger partial charge is 0.00174 e. The molecular weight excluding hydrogens is 206 g/mol. The standard InChI is InChI=1S/C16H25N/c1-3-4-5-6-10-13-17-14-15(2)16-11-8-7-9-12-16/h3,7-9,11-12,15,17H,1,4-6,10,13-14H2,2H3. The molecule has 0 saturated heterocycles. The highest BCUT2D eigenvalue weighted by Gasteiger charge is 2.03. The Bertz CT molecular complexity index is 292. The first-order chi connectivity index (χ1) is 8.34. The molecule has 0 saturated carbocycles. The molecule has 17 heavy (non-hydrogen) atoms. The third kappa shape index (κ3) is 6.28. The van der Waals surface area contributed by atoms with E-state index < -0.39 is 0 Å². The van der Waals surface area contributed by atoms with Gasteiger partial charge < -0.3 is 5.32 Å². The van der Waals surface area contributed by atoms with Crippen LogP contribution in [0.3, 0.4) is 0 Å². The van der Waals surface area contributed by atoms with Gasteiger partial charge in [0.2, 0.25) is 0 Å². The summed E-state index contributed by atoms with van der Waals surface area (Å²) in [6, 6.07) is 10.7. The summed E-state index contributed by atoms with van der Waals surface area (Å²) in [5, 5.41) is 3.53. The Hall–Kier alpha value is -1.08. The monoisotopic (exact) mass is 231 g/mol. The Morgan fingerprint density at radius 3 is 2.65 bits per heavy atom. The van der Waals surface area contributed by atoms with Gasteiger partial charge in [-0.25, -0.2) is 0 Å². The number of rotatable bonds is 9. The summed E-state index contributed by atoms with van der Waals surface area (Å²) in [7, 11) is 0. The molecule has 1 aromatic carbocycles. The fourth-order valence-electron chi connectivity index (χ4n) is 1.93. The van der Waals surface area contributed by atoms with E-state index in [1.165, 1.54) is 24.8 Å². The maximum absolute atomic E-state index is 3.74. The van der Waals surface area contributed by atoms with Crippen LogP contribution in [-0.4, -0.2) is 13.1 Å². The molecule has 0 amide bonds. The molecule has 1 nitrogen and oxygen atoms in total. The van der Waals surface area contributed by atoms with Crippen LogP contribution in [0.25, 0.3) is 0 Å². The molecule has 0 fully saturated rings. The molecule has 0 radical (unpaired) electrons. The van der Waals surface area contributed by atoms with Crippen LogP contribution in [0.4, 0.5) is 0 Å². The minimum Gasteiger partial charge on any atom is -0.316 e. The minimum atomic E-state index is 0.601. The number of hydrogen-bond acceptors (Lipinski definition) is 1. The van der Waals surface area contributed by atoms with Gasteiger partial charge in [-0.1, -0.05) is 49.8 Å². The maximum atomic E-state index is 3.74. The lowest BCUT2D eigenvalue weighted by Crippen LogP contribution is -2.21. The molecule has 1 rings (SSSR count). The van der Waals surface area contributed by atoms with Crippen LogP contribution >= 0.6 is 0 Å². The molecule has 1 aromatic rings. The second kappa shape index (κ2) is 9.00. The van der Waals surface area contributed by atoms with Crippen molar-refractivity contribution in [2.24, 2.45) is 0 Å². The second-order valence-electron chi connectivity index (χ2n) is 4.65. The lowest BCUT2D eigenvalue weighted by Gasteiger charge is -2.12. The highest BCUT2D eigenvalue weighted by Crippen LogP contribution is 2.12. The van der Waals surface area contributed by atoms with E-state index in [0.717, 1.165) is 19.5 Å². The highest BCUT2D eigenvalue weighted by atomic mass is 14.8. The van der Waals surface area contributed by atoms with Crippen molar-refractivity contribution < 1.29 is 0 Å². The van der Waals surface area contributed by atoms with Gasteiger partial charge >= 0.3 is 0 Å². The third-order valence-corrected chi connectivity index (χ3v) is 3.08. The van der Waals surface area contributed by atoms with E-state index in [4.69, 9.17) is 0 Å². The zero-order valence-corrected chi connectivity index (χ0v) is 11.0. The van der Waals surface area contributed by atoms with Crippen molar-refractivity contribution in [3.8, 4) is 0 Å². The normalized spacial score (nSPS) is 12.3.